The molecule has 2 heterocycles. The molecule has 1 aromatic carbocycles. The summed E-state index contributed by atoms with van der Waals surface area (Å²) >= 11 is 0. The van der Waals surface area contributed by atoms with Crippen LogP contribution in [0.2, 0.25) is 0 Å². The molecule has 3 rings (SSSR count). The third kappa shape index (κ3) is 5.12. The van der Waals surface area contributed by atoms with Crippen molar-refractivity contribution in [2.45, 2.75) is 20.0 Å². The second-order valence-electron chi connectivity index (χ2n) is 6.00. The highest BCUT2D eigenvalue weighted by Gasteiger charge is 2.07. The lowest BCUT2D eigenvalue weighted by Crippen LogP contribution is -2.14. The number of nitrogens with one attached hydrogen (secondary N) is 1. The van der Waals surface area contributed by atoms with E-state index in [9.17, 15) is 4.79 Å². The summed E-state index contributed by atoms with van der Waals surface area (Å²) in [5.74, 6) is 0.868. The number of pyridine rings is 2. The molecule has 0 radical (unpaired) electrons. The third-order valence-electron chi connectivity index (χ3n) is 3.97. The fraction of sp³-hybridized carbons (Fsp3) is 0.190. The van der Waals surface area contributed by atoms with Crippen molar-refractivity contribution in [3.05, 3.63) is 83.3 Å². The zero-order chi connectivity index (χ0) is 19.1. The number of rotatable bonds is 7. The lowest BCUT2D eigenvalue weighted by atomic mass is 10.1. The molecule has 0 bridgehead atoms. The fourth-order valence-corrected chi connectivity index (χ4v) is 2.49. The topological polar surface area (TPSA) is 73.3 Å². The van der Waals surface area contributed by atoms with Crippen LogP contribution in [0.4, 0.5) is 0 Å². The number of ether oxygens (including phenoxy) is 2. The first-order valence-corrected chi connectivity index (χ1v) is 8.58. The number of benzene rings is 1. The largest absolute Gasteiger partial charge is 0.465 e. The minimum atomic E-state index is -0.336. The van der Waals surface area contributed by atoms with Crippen LogP contribution in [0, 0.1) is 6.92 Å². The molecule has 0 saturated carbocycles. The van der Waals surface area contributed by atoms with Gasteiger partial charge in [0.05, 0.1) is 18.9 Å². The number of aryl methyl sites for hydroxylation is 1. The van der Waals surface area contributed by atoms with Gasteiger partial charge in [0.25, 0.3) is 0 Å². The maximum absolute atomic E-state index is 11.5. The lowest BCUT2D eigenvalue weighted by molar-refractivity contribution is 0.0600. The minimum absolute atomic E-state index is 0.336. The van der Waals surface area contributed by atoms with Crippen LogP contribution >= 0.6 is 0 Å². The number of hydrogen-bond donors (Lipinski definition) is 1. The Morgan fingerprint density at radius 2 is 1.85 bits per heavy atom. The summed E-state index contributed by atoms with van der Waals surface area (Å²) in [6.07, 6.45) is 3.38. The molecule has 0 aliphatic heterocycles. The van der Waals surface area contributed by atoms with Crippen molar-refractivity contribution in [2.75, 3.05) is 7.11 Å². The van der Waals surface area contributed by atoms with E-state index in [-0.39, 0.29) is 5.97 Å². The molecule has 0 unspecified atom stereocenters. The summed E-state index contributed by atoms with van der Waals surface area (Å²) < 4.78 is 10.6. The van der Waals surface area contributed by atoms with Gasteiger partial charge in [0.2, 0.25) is 5.88 Å². The van der Waals surface area contributed by atoms with Gasteiger partial charge < -0.3 is 14.8 Å². The summed E-state index contributed by atoms with van der Waals surface area (Å²) in [7, 11) is 1.37. The van der Waals surface area contributed by atoms with Gasteiger partial charge in [-0.15, -0.1) is 0 Å². The molecule has 0 aliphatic rings. The number of aromatic nitrogens is 2. The first-order valence-electron chi connectivity index (χ1n) is 8.58. The van der Waals surface area contributed by atoms with Crippen molar-refractivity contribution in [1.29, 1.82) is 0 Å². The highest BCUT2D eigenvalue weighted by molar-refractivity contribution is 5.89. The molecule has 0 amide bonds. The number of carbonyl (C=O) groups is 1. The van der Waals surface area contributed by atoms with Gasteiger partial charge in [0, 0.05) is 30.5 Å². The molecule has 0 atom stereocenters. The SMILES string of the molecule is COC(=O)c1ccc(CNCc2cccnc2Oc2ccc(C)nc2)cc1. The van der Waals surface area contributed by atoms with Crippen LogP contribution in [-0.2, 0) is 17.8 Å². The van der Waals surface area contributed by atoms with Crippen LogP contribution in [0.15, 0.2) is 60.9 Å². The summed E-state index contributed by atoms with van der Waals surface area (Å²) in [5, 5.41) is 3.36. The molecule has 2 aromatic heterocycles. The highest BCUT2D eigenvalue weighted by atomic mass is 16.5. The lowest BCUT2D eigenvalue weighted by Gasteiger charge is -2.11. The summed E-state index contributed by atoms with van der Waals surface area (Å²) in [5.41, 5.74) is 3.49. The molecule has 1 N–H and O–H groups in total. The Bertz CT molecular complexity index is 893. The quantitative estimate of drug-likeness (QED) is 0.646. The molecule has 0 saturated heterocycles. The van der Waals surface area contributed by atoms with Crippen molar-refractivity contribution in [3.63, 3.8) is 0 Å². The van der Waals surface area contributed by atoms with Crippen LogP contribution in [-0.4, -0.2) is 23.0 Å². The van der Waals surface area contributed by atoms with Gasteiger partial charge in [-0.25, -0.2) is 9.78 Å². The third-order valence-corrected chi connectivity index (χ3v) is 3.97. The second kappa shape index (κ2) is 8.91. The predicted octanol–water partition coefficient (Wildman–Crippen LogP) is 3.65. The standard InChI is InChI=1S/C21H21N3O3/c1-15-5-10-19(14-24-15)27-20-18(4-3-11-23-20)13-22-12-16-6-8-17(9-7-16)21(25)26-2/h3-11,14,22H,12-13H2,1-2H3. The molecule has 138 valence electrons. The van der Waals surface area contributed by atoms with E-state index < -0.39 is 0 Å². The molecule has 0 aliphatic carbocycles. The van der Waals surface area contributed by atoms with Gasteiger partial charge in [0.15, 0.2) is 0 Å². The second-order valence-corrected chi connectivity index (χ2v) is 6.00. The number of nitrogens with zero attached hydrogens (tertiary/aromatic N) is 2. The van der Waals surface area contributed by atoms with E-state index in [0.29, 0.717) is 30.3 Å². The monoisotopic (exact) mass is 363 g/mol. The molecule has 6 nitrogen and oxygen atoms in total. The normalized spacial score (nSPS) is 10.4. The Morgan fingerprint density at radius 3 is 2.56 bits per heavy atom. The predicted molar refractivity (Wildman–Crippen MR) is 102 cm³/mol. The molecule has 3 aromatic rings. The van der Waals surface area contributed by atoms with Gasteiger partial charge in [-0.2, -0.15) is 0 Å². The van der Waals surface area contributed by atoms with E-state index in [4.69, 9.17) is 9.47 Å². The summed E-state index contributed by atoms with van der Waals surface area (Å²) in [6, 6.07) is 14.9. The van der Waals surface area contributed by atoms with Crippen molar-refractivity contribution in [2.24, 2.45) is 0 Å². The number of carbonyl (C=O) groups excluding carboxylic acids is 1. The Morgan fingerprint density at radius 1 is 1.04 bits per heavy atom. The maximum Gasteiger partial charge on any atom is 0.337 e. The van der Waals surface area contributed by atoms with Crippen molar-refractivity contribution >= 4 is 5.97 Å². The molecule has 6 heteroatoms. The van der Waals surface area contributed by atoms with Crippen LogP contribution in [0.1, 0.15) is 27.2 Å². The van der Waals surface area contributed by atoms with Crippen molar-refractivity contribution in [1.82, 2.24) is 15.3 Å². The molecule has 0 spiro atoms. The zero-order valence-corrected chi connectivity index (χ0v) is 15.3. The summed E-state index contributed by atoms with van der Waals surface area (Å²) in [4.78, 5) is 20.0. The first kappa shape index (κ1) is 18.5. The molecular weight excluding hydrogens is 342 g/mol. The van der Waals surface area contributed by atoms with Gasteiger partial charge >= 0.3 is 5.97 Å². The number of methoxy groups -OCH3 is 1. The van der Waals surface area contributed by atoms with Crippen LogP contribution in [0.25, 0.3) is 0 Å². The maximum atomic E-state index is 11.5. The Hall–Kier alpha value is -3.25. The Labute approximate surface area is 158 Å². The molecular formula is C21H21N3O3. The average Bonchev–Trinajstić information content (AvgIpc) is 2.71. The van der Waals surface area contributed by atoms with Gasteiger partial charge in [-0.1, -0.05) is 18.2 Å². The molecule has 0 fully saturated rings. The van der Waals surface area contributed by atoms with Crippen LogP contribution < -0.4 is 10.1 Å². The van der Waals surface area contributed by atoms with Gasteiger partial charge in [-0.05, 0) is 42.8 Å². The van der Waals surface area contributed by atoms with E-state index in [1.807, 2.05) is 43.3 Å². The van der Waals surface area contributed by atoms with E-state index in [1.165, 1.54) is 7.11 Å². The highest BCUT2D eigenvalue weighted by Crippen LogP contribution is 2.22. The van der Waals surface area contributed by atoms with Gasteiger partial charge in [0.1, 0.15) is 5.75 Å². The van der Waals surface area contributed by atoms with E-state index in [2.05, 4.69) is 15.3 Å². The van der Waals surface area contributed by atoms with Crippen molar-refractivity contribution < 1.29 is 14.3 Å². The number of esters is 1. The smallest absolute Gasteiger partial charge is 0.337 e. The minimum Gasteiger partial charge on any atom is -0.465 e. The first-order chi connectivity index (χ1) is 13.2. The van der Waals surface area contributed by atoms with E-state index >= 15 is 0 Å². The summed E-state index contributed by atoms with van der Waals surface area (Å²) in [6.45, 7) is 3.18. The van der Waals surface area contributed by atoms with E-state index in [0.717, 1.165) is 16.8 Å². The Kier molecular flexibility index (Phi) is 6.12. The average molecular weight is 363 g/mol. The van der Waals surface area contributed by atoms with Crippen LogP contribution in [0.3, 0.4) is 0 Å². The molecule has 27 heavy (non-hydrogen) atoms. The zero-order valence-electron chi connectivity index (χ0n) is 15.3. The number of hydrogen-bond acceptors (Lipinski definition) is 6. The Balaban J connectivity index is 1.59. The van der Waals surface area contributed by atoms with E-state index in [1.54, 1.807) is 24.5 Å². The fourth-order valence-electron chi connectivity index (χ4n) is 2.49. The van der Waals surface area contributed by atoms with Crippen molar-refractivity contribution in [3.8, 4) is 11.6 Å². The van der Waals surface area contributed by atoms with Crippen LogP contribution in [0.5, 0.6) is 11.6 Å². The van der Waals surface area contributed by atoms with Gasteiger partial charge in [-0.3, -0.25) is 4.98 Å².